The fourth-order valence-corrected chi connectivity index (χ4v) is 4.77. The molecule has 1 aromatic carbocycles. The number of sulfonamides is 1. The number of likely N-dealkylation sites (tertiary alicyclic amines) is 1. The van der Waals surface area contributed by atoms with Gasteiger partial charge in [-0.05, 0) is 37.2 Å². The summed E-state index contributed by atoms with van der Waals surface area (Å²) in [5, 5.41) is 0. The van der Waals surface area contributed by atoms with Gasteiger partial charge in [0.1, 0.15) is 0 Å². The van der Waals surface area contributed by atoms with Crippen molar-refractivity contribution in [3.8, 4) is 0 Å². The minimum Gasteiger partial charge on any atom is -0.342 e. The maximum absolute atomic E-state index is 12.8. The van der Waals surface area contributed by atoms with E-state index in [1.165, 1.54) is 16.1 Å². The first-order valence-electron chi connectivity index (χ1n) is 8.74. The Morgan fingerprint density at radius 3 is 2.33 bits per heavy atom. The second-order valence-electron chi connectivity index (χ2n) is 6.97. The van der Waals surface area contributed by atoms with E-state index < -0.39 is 10.0 Å². The second kappa shape index (κ2) is 7.23. The van der Waals surface area contributed by atoms with Gasteiger partial charge in [-0.15, -0.1) is 0 Å². The fraction of sp³-hybridized carbons (Fsp3) is 0.611. The number of nitrogens with zero attached hydrogens (tertiary/aromatic N) is 2. The lowest BCUT2D eigenvalue weighted by molar-refractivity contribution is -0.137. The van der Waals surface area contributed by atoms with Crippen LogP contribution in [0.3, 0.4) is 0 Å². The van der Waals surface area contributed by atoms with Crippen molar-refractivity contribution in [1.29, 1.82) is 0 Å². The summed E-state index contributed by atoms with van der Waals surface area (Å²) in [5.74, 6) is 0.478. The summed E-state index contributed by atoms with van der Waals surface area (Å²) < 4.78 is 24.9. The number of hydrogen-bond acceptors (Lipinski definition) is 3. The first-order chi connectivity index (χ1) is 11.4. The number of rotatable bonds is 3. The van der Waals surface area contributed by atoms with Crippen molar-refractivity contribution in [3.05, 3.63) is 35.9 Å². The average Bonchev–Trinajstić information content (AvgIpc) is 2.61. The monoisotopic (exact) mass is 350 g/mol. The summed E-state index contributed by atoms with van der Waals surface area (Å²) in [6.07, 6.45) is 4.76. The smallest absolute Gasteiger partial charge is 0.227 e. The molecule has 1 atom stereocenters. The van der Waals surface area contributed by atoms with E-state index in [0.717, 1.165) is 38.8 Å². The SMILES string of the molecule is CS(=O)(=O)N1CCCC(C(=O)N2CCC(c3ccccc3)CC2)C1. The molecule has 6 heteroatoms. The van der Waals surface area contributed by atoms with Crippen molar-refractivity contribution in [1.82, 2.24) is 9.21 Å². The van der Waals surface area contributed by atoms with E-state index in [9.17, 15) is 13.2 Å². The van der Waals surface area contributed by atoms with Gasteiger partial charge in [-0.3, -0.25) is 4.79 Å². The molecule has 0 bridgehead atoms. The first kappa shape index (κ1) is 17.4. The highest BCUT2D eigenvalue weighted by molar-refractivity contribution is 7.88. The van der Waals surface area contributed by atoms with Crippen LogP contribution in [0.2, 0.25) is 0 Å². The van der Waals surface area contributed by atoms with E-state index in [0.29, 0.717) is 19.0 Å². The number of hydrogen-bond donors (Lipinski definition) is 0. The number of amides is 1. The first-order valence-corrected chi connectivity index (χ1v) is 10.6. The molecule has 2 fully saturated rings. The molecule has 2 aliphatic heterocycles. The van der Waals surface area contributed by atoms with Gasteiger partial charge in [-0.2, -0.15) is 0 Å². The predicted molar refractivity (Wildman–Crippen MR) is 94.1 cm³/mol. The van der Waals surface area contributed by atoms with Crippen molar-refractivity contribution in [2.24, 2.45) is 5.92 Å². The van der Waals surface area contributed by atoms with Crippen molar-refractivity contribution in [2.75, 3.05) is 32.4 Å². The molecule has 0 radical (unpaired) electrons. The van der Waals surface area contributed by atoms with Crippen molar-refractivity contribution in [3.63, 3.8) is 0 Å². The summed E-state index contributed by atoms with van der Waals surface area (Å²) in [5.41, 5.74) is 1.35. The lowest BCUT2D eigenvalue weighted by Crippen LogP contribution is -2.48. The topological polar surface area (TPSA) is 57.7 Å². The quantitative estimate of drug-likeness (QED) is 0.838. The fourth-order valence-electron chi connectivity index (χ4n) is 3.86. The van der Waals surface area contributed by atoms with Gasteiger partial charge in [0.15, 0.2) is 0 Å². The molecule has 3 rings (SSSR count). The van der Waals surface area contributed by atoms with Crippen LogP contribution in [0.4, 0.5) is 0 Å². The molecule has 2 saturated heterocycles. The van der Waals surface area contributed by atoms with E-state index in [2.05, 4.69) is 24.3 Å². The third-order valence-electron chi connectivity index (χ3n) is 5.28. The van der Waals surface area contributed by atoms with Crippen LogP contribution in [-0.2, 0) is 14.8 Å². The Morgan fingerprint density at radius 2 is 1.71 bits per heavy atom. The maximum atomic E-state index is 12.8. The molecule has 5 nitrogen and oxygen atoms in total. The molecule has 1 aromatic rings. The van der Waals surface area contributed by atoms with Gasteiger partial charge in [0.2, 0.25) is 15.9 Å². The van der Waals surface area contributed by atoms with Gasteiger partial charge in [0.25, 0.3) is 0 Å². The molecule has 0 aliphatic carbocycles. The van der Waals surface area contributed by atoms with Gasteiger partial charge in [0.05, 0.1) is 12.2 Å². The Kier molecular flexibility index (Phi) is 5.25. The molecule has 24 heavy (non-hydrogen) atoms. The van der Waals surface area contributed by atoms with Crippen molar-refractivity contribution in [2.45, 2.75) is 31.6 Å². The van der Waals surface area contributed by atoms with Crippen LogP contribution in [-0.4, -0.2) is 56.0 Å². The number of benzene rings is 1. The van der Waals surface area contributed by atoms with E-state index in [-0.39, 0.29) is 11.8 Å². The van der Waals surface area contributed by atoms with Crippen LogP contribution in [0.15, 0.2) is 30.3 Å². The molecule has 0 saturated carbocycles. The molecule has 0 N–H and O–H groups in total. The number of piperidine rings is 2. The van der Waals surface area contributed by atoms with Gasteiger partial charge in [-0.1, -0.05) is 30.3 Å². The molecular weight excluding hydrogens is 324 g/mol. The molecule has 0 aromatic heterocycles. The lowest BCUT2D eigenvalue weighted by Gasteiger charge is -2.37. The van der Waals surface area contributed by atoms with E-state index in [1.807, 2.05) is 11.0 Å². The molecule has 2 heterocycles. The van der Waals surface area contributed by atoms with E-state index in [1.54, 1.807) is 0 Å². The summed E-state index contributed by atoms with van der Waals surface area (Å²) in [7, 11) is -3.21. The van der Waals surface area contributed by atoms with Crippen molar-refractivity contribution < 1.29 is 13.2 Å². The third-order valence-corrected chi connectivity index (χ3v) is 6.55. The van der Waals surface area contributed by atoms with Crippen LogP contribution in [0.1, 0.15) is 37.2 Å². The Labute approximate surface area is 144 Å². The molecule has 0 spiro atoms. The van der Waals surface area contributed by atoms with Crippen LogP contribution in [0, 0.1) is 5.92 Å². The number of carbonyl (C=O) groups is 1. The lowest BCUT2D eigenvalue weighted by atomic mass is 9.88. The number of carbonyl (C=O) groups excluding carboxylic acids is 1. The molecule has 2 aliphatic rings. The summed E-state index contributed by atoms with van der Waals surface area (Å²) in [6, 6.07) is 10.5. The van der Waals surface area contributed by atoms with Gasteiger partial charge >= 0.3 is 0 Å². The third kappa shape index (κ3) is 3.98. The van der Waals surface area contributed by atoms with Crippen LogP contribution >= 0.6 is 0 Å². The van der Waals surface area contributed by atoms with Gasteiger partial charge in [0, 0.05) is 26.2 Å². The van der Waals surface area contributed by atoms with Crippen LogP contribution < -0.4 is 0 Å². The molecule has 1 amide bonds. The zero-order valence-electron chi connectivity index (χ0n) is 14.2. The molecule has 1 unspecified atom stereocenters. The Bertz CT molecular complexity index is 667. The highest BCUT2D eigenvalue weighted by Crippen LogP contribution is 2.29. The van der Waals surface area contributed by atoms with Crippen LogP contribution in [0.25, 0.3) is 0 Å². The minimum absolute atomic E-state index is 0.134. The average molecular weight is 350 g/mol. The van der Waals surface area contributed by atoms with Crippen LogP contribution in [0.5, 0.6) is 0 Å². The zero-order chi connectivity index (χ0) is 17.2. The van der Waals surface area contributed by atoms with E-state index in [4.69, 9.17) is 0 Å². The molecule has 132 valence electrons. The van der Waals surface area contributed by atoms with Gasteiger partial charge in [-0.25, -0.2) is 12.7 Å². The maximum Gasteiger partial charge on any atom is 0.227 e. The largest absolute Gasteiger partial charge is 0.342 e. The minimum atomic E-state index is -3.21. The Hall–Kier alpha value is -1.40. The zero-order valence-corrected chi connectivity index (χ0v) is 15.0. The molecular formula is C18H26N2O3S. The summed E-state index contributed by atoms with van der Waals surface area (Å²) >= 11 is 0. The van der Waals surface area contributed by atoms with E-state index >= 15 is 0 Å². The second-order valence-corrected chi connectivity index (χ2v) is 8.95. The highest BCUT2D eigenvalue weighted by Gasteiger charge is 2.34. The summed E-state index contributed by atoms with van der Waals surface area (Å²) in [6.45, 7) is 2.43. The summed E-state index contributed by atoms with van der Waals surface area (Å²) in [4.78, 5) is 14.7. The standard InChI is InChI=1S/C18H26N2O3S/c1-24(22,23)20-11-5-8-17(14-20)18(21)19-12-9-16(10-13-19)15-6-3-2-4-7-15/h2-4,6-7,16-17H,5,8-14H2,1H3. The van der Waals surface area contributed by atoms with Gasteiger partial charge < -0.3 is 4.90 Å². The van der Waals surface area contributed by atoms with Crippen molar-refractivity contribution >= 4 is 15.9 Å². The highest BCUT2D eigenvalue weighted by atomic mass is 32.2. The predicted octanol–water partition coefficient (Wildman–Crippen LogP) is 2.06. The Balaban J connectivity index is 1.57. The Morgan fingerprint density at radius 1 is 1.04 bits per heavy atom. The normalized spacial score (nSPS) is 24.0.